The third-order valence-electron chi connectivity index (χ3n) is 2.46. The van der Waals surface area contributed by atoms with Crippen molar-refractivity contribution >= 4 is 29.0 Å². The lowest BCUT2D eigenvalue weighted by Gasteiger charge is -2.08. The largest absolute Gasteiger partial charge is 0.506 e. The number of halogens is 1. The van der Waals surface area contributed by atoms with Gasteiger partial charge in [0.1, 0.15) is 5.75 Å². The maximum absolute atomic E-state index is 11.8. The van der Waals surface area contributed by atoms with Gasteiger partial charge in [0.2, 0.25) is 0 Å². The number of hydrogen-bond donors (Lipinski definition) is 3. The molecule has 0 radical (unpaired) electrons. The van der Waals surface area contributed by atoms with E-state index in [0.29, 0.717) is 16.9 Å². The molecule has 5 nitrogen and oxygen atoms in total. The van der Waals surface area contributed by atoms with Gasteiger partial charge < -0.3 is 15.7 Å². The van der Waals surface area contributed by atoms with Gasteiger partial charge in [-0.05, 0) is 36.4 Å². The minimum Gasteiger partial charge on any atom is -0.506 e. The lowest BCUT2D eigenvalue weighted by Crippen LogP contribution is -2.19. The van der Waals surface area contributed by atoms with Crippen LogP contribution < -0.4 is 10.6 Å². The van der Waals surface area contributed by atoms with Crippen molar-refractivity contribution in [1.82, 2.24) is 0 Å². The van der Waals surface area contributed by atoms with Gasteiger partial charge in [0, 0.05) is 11.4 Å². The number of aromatic hydroxyl groups is 1. The van der Waals surface area contributed by atoms with Gasteiger partial charge >= 0.3 is 6.03 Å². The monoisotopic (exact) mass is 287 g/mol. The second kappa shape index (κ2) is 5.95. The highest BCUT2D eigenvalue weighted by molar-refractivity contribution is 6.32. The van der Waals surface area contributed by atoms with E-state index in [1.807, 2.05) is 6.07 Å². The van der Waals surface area contributed by atoms with Crippen LogP contribution >= 0.6 is 11.6 Å². The molecule has 0 heterocycles. The fraction of sp³-hybridized carbons (Fsp3) is 0. The zero-order valence-electron chi connectivity index (χ0n) is 10.2. The molecule has 0 bridgehead atoms. The molecular weight excluding hydrogens is 278 g/mol. The minimum absolute atomic E-state index is 0.0562. The van der Waals surface area contributed by atoms with Gasteiger partial charge in [-0.2, -0.15) is 5.26 Å². The van der Waals surface area contributed by atoms with E-state index >= 15 is 0 Å². The SMILES string of the molecule is N#Cc1cccc(NC(=O)Nc2ccc(O)c(Cl)c2)c1. The molecule has 0 aliphatic carbocycles. The molecule has 2 aromatic rings. The number of nitrogens with one attached hydrogen (secondary N) is 2. The number of urea groups is 1. The summed E-state index contributed by atoms with van der Waals surface area (Å²) in [5, 5.41) is 23.4. The van der Waals surface area contributed by atoms with Crippen molar-refractivity contribution in [3.8, 4) is 11.8 Å². The zero-order valence-corrected chi connectivity index (χ0v) is 11.0. The van der Waals surface area contributed by atoms with Crippen molar-refractivity contribution in [1.29, 1.82) is 5.26 Å². The van der Waals surface area contributed by atoms with Gasteiger partial charge in [0.15, 0.2) is 0 Å². The Balaban J connectivity index is 2.05. The fourth-order valence-electron chi connectivity index (χ4n) is 1.54. The first-order chi connectivity index (χ1) is 9.58. The summed E-state index contributed by atoms with van der Waals surface area (Å²) >= 11 is 5.74. The van der Waals surface area contributed by atoms with Crippen molar-refractivity contribution in [3.05, 3.63) is 53.1 Å². The van der Waals surface area contributed by atoms with Gasteiger partial charge in [0.05, 0.1) is 16.7 Å². The van der Waals surface area contributed by atoms with Crippen molar-refractivity contribution < 1.29 is 9.90 Å². The van der Waals surface area contributed by atoms with Crippen LogP contribution in [0, 0.1) is 11.3 Å². The first-order valence-corrected chi connectivity index (χ1v) is 6.03. The molecule has 0 saturated heterocycles. The average molecular weight is 288 g/mol. The molecule has 0 atom stereocenters. The molecule has 2 aromatic carbocycles. The molecule has 20 heavy (non-hydrogen) atoms. The van der Waals surface area contributed by atoms with Crippen molar-refractivity contribution in [2.45, 2.75) is 0 Å². The highest BCUT2D eigenvalue weighted by Gasteiger charge is 2.05. The number of nitriles is 1. The number of carbonyl (C=O) groups excluding carboxylic acids is 1. The summed E-state index contributed by atoms with van der Waals surface area (Å²) in [5.41, 5.74) is 1.41. The Morgan fingerprint density at radius 2 is 1.85 bits per heavy atom. The molecule has 0 unspecified atom stereocenters. The zero-order chi connectivity index (χ0) is 14.5. The Morgan fingerprint density at radius 3 is 2.50 bits per heavy atom. The smallest absolute Gasteiger partial charge is 0.323 e. The van der Waals surface area contributed by atoms with E-state index in [9.17, 15) is 9.90 Å². The fourth-order valence-corrected chi connectivity index (χ4v) is 1.73. The van der Waals surface area contributed by atoms with Gasteiger partial charge in [0.25, 0.3) is 0 Å². The van der Waals surface area contributed by atoms with Crippen LogP contribution in [-0.2, 0) is 0 Å². The van der Waals surface area contributed by atoms with E-state index in [4.69, 9.17) is 16.9 Å². The Labute approximate surface area is 120 Å². The van der Waals surface area contributed by atoms with Crippen LogP contribution in [0.25, 0.3) is 0 Å². The molecule has 2 amide bonds. The molecule has 2 rings (SSSR count). The summed E-state index contributed by atoms with van der Waals surface area (Å²) in [5.74, 6) is -0.0562. The number of carbonyl (C=O) groups is 1. The van der Waals surface area contributed by atoms with Crippen LogP contribution in [-0.4, -0.2) is 11.1 Å². The second-order valence-corrected chi connectivity index (χ2v) is 4.35. The Bertz CT molecular complexity index is 695. The summed E-state index contributed by atoms with van der Waals surface area (Å²) in [6.45, 7) is 0. The van der Waals surface area contributed by atoms with E-state index in [1.54, 1.807) is 24.3 Å². The number of phenolic OH excluding ortho intramolecular Hbond substituents is 1. The van der Waals surface area contributed by atoms with E-state index in [0.717, 1.165) is 0 Å². The van der Waals surface area contributed by atoms with E-state index in [-0.39, 0.29) is 10.8 Å². The van der Waals surface area contributed by atoms with Crippen LogP contribution in [0.3, 0.4) is 0 Å². The van der Waals surface area contributed by atoms with Gasteiger partial charge in [-0.25, -0.2) is 4.79 Å². The third kappa shape index (κ3) is 3.40. The molecule has 0 saturated carbocycles. The normalized spacial score (nSPS) is 9.60. The highest BCUT2D eigenvalue weighted by atomic mass is 35.5. The maximum Gasteiger partial charge on any atom is 0.323 e. The Kier molecular flexibility index (Phi) is 4.08. The summed E-state index contributed by atoms with van der Waals surface area (Å²) in [6.07, 6.45) is 0. The van der Waals surface area contributed by atoms with E-state index < -0.39 is 6.03 Å². The molecule has 100 valence electrons. The number of nitrogens with zero attached hydrogens (tertiary/aromatic N) is 1. The maximum atomic E-state index is 11.8. The lowest BCUT2D eigenvalue weighted by molar-refractivity contribution is 0.262. The third-order valence-corrected chi connectivity index (χ3v) is 2.76. The van der Waals surface area contributed by atoms with E-state index in [2.05, 4.69) is 10.6 Å². The summed E-state index contributed by atoms with van der Waals surface area (Å²) in [4.78, 5) is 11.8. The molecule has 0 aromatic heterocycles. The average Bonchev–Trinajstić information content (AvgIpc) is 2.43. The minimum atomic E-state index is -0.471. The van der Waals surface area contributed by atoms with Gasteiger partial charge in [-0.15, -0.1) is 0 Å². The highest BCUT2D eigenvalue weighted by Crippen LogP contribution is 2.26. The number of rotatable bonds is 2. The van der Waals surface area contributed by atoms with Gasteiger partial charge in [-0.3, -0.25) is 0 Å². The Hall–Kier alpha value is -2.71. The van der Waals surface area contributed by atoms with E-state index in [1.165, 1.54) is 18.2 Å². The first kappa shape index (κ1) is 13.7. The molecule has 0 spiro atoms. The number of hydrogen-bond acceptors (Lipinski definition) is 3. The standard InChI is InChI=1S/C14H10ClN3O2/c15-12-7-11(4-5-13(12)19)18-14(20)17-10-3-1-2-9(6-10)8-16/h1-7,19H,(H2,17,18,20). The van der Waals surface area contributed by atoms with Crippen molar-refractivity contribution in [2.24, 2.45) is 0 Å². The second-order valence-electron chi connectivity index (χ2n) is 3.94. The van der Waals surface area contributed by atoms with Crippen LogP contribution in [0.5, 0.6) is 5.75 Å². The van der Waals surface area contributed by atoms with Gasteiger partial charge in [-0.1, -0.05) is 17.7 Å². The number of benzene rings is 2. The van der Waals surface area contributed by atoms with Crippen molar-refractivity contribution in [3.63, 3.8) is 0 Å². The van der Waals surface area contributed by atoms with Crippen LogP contribution in [0.1, 0.15) is 5.56 Å². The molecule has 0 aliphatic heterocycles. The van der Waals surface area contributed by atoms with Crippen molar-refractivity contribution in [2.75, 3.05) is 10.6 Å². The molecule has 0 fully saturated rings. The quantitative estimate of drug-likeness (QED) is 0.738. The predicted molar refractivity (Wildman–Crippen MR) is 76.9 cm³/mol. The predicted octanol–water partition coefficient (Wildman–Crippen LogP) is 3.56. The summed E-state index contributed by atoms with van der Waals surface area (Å²) in [6, 6.07) is 12.4. The first-order valence-electron chi connectivity index (χ1n) is 5.65. The molecule has 3 N–H and O–H groups in total. The van der Waals surface area contributed by atoms with Crippen LogP contribution in [0.4, 0.5) is 16.2 Å². The van der Waals surface area contributed by atoms with Crippen LogP contribution in [0.2, 0.25) is 5.02 Å². The summed E-state index contributed by atoms with van der Waals surface area (Å²) in [7, 11) is 0. The molecule has 0 aliphatic rings. The Morgan fingerprint density at radius 1 is 1.15 bits per heavy atom. The topological polar surface area (TPSA) is 85.2 Å². The molecule has 6 heteroatoms. The number of anilines is 2. The molecular formula is C14H10ClN3O2. The number of phenols is 1. The lowest BCUT2D eigenvalue weighted by atomic mass is 10.2. The number of amides is 2. The summed E-state index contributed by atoms with van der Waals surface area (Å²) < 4.78 is 0. The van der Waals surface area contributed by atoms with Crippen LogP contribution in [0.15, 0.2) is 42.5 Å².